The second-order valence-corrected chi connectivity index (χ2v) is 10.2. The number of nitrogens with two attached hydrogens (primary N) is 1. The van der Waals surface area contributed by atoms with Crippen molar-refractivity contribution in [3.8, 4) is 11.3 Å². The van der Waals surface area contributed by atoms with Crippen LogP contribution in [0.1, 0.15) is 37.7 Å². The molecule has 1 aliphatic heterocycles. The van der Waals surface area contributed by atoms with Crippen LogP contribution in [-0.2, 0) is 14.3 Å². The van der Waals surface area contributed by atoms with E-state index in [1.807, 2.05) is 47.8 Å². The molecule has 1 atom stereocenters. The Morgan fingerprint density at radius 1 is 1.13 bits per heavy atom. The number of benzene rings is 2. The number of allylic oxidation sites excluding steroid dienone is 2. The lowest BCUT2D eigenvalue weighted by Crippen LogP contribution is -2.41. The van der Waals surface area contributed by atoms with E-state index in [0.29, 0.717) is 40.1 Å². The van der Waals surface area contributed by atoms with Gasteiger partial charge in [0.25, 0.3) is 0 Å². The van der Waals surface area contributed by atoms with E-state index >= 15 is 4.39 Å². The van der Waals surface area contributed by atoms with Crippen LogP contribution < -0.4 is 10.6 Å². The average Bonchev–Trinajstić information content (AvgIpc) is 3.42. The predicted octanol–water partition coefficient (Wildman–Crippen LogP) is 5.84. The molecule has 2 aromatic carbocycles. The molecule has 4 aromatic rings. The third kappa shape index (κ3) is 4.28. The van der Waals surface area contributed by atoms with Gasteiger partial charge in [-0.3, -0.25) is 9.69 Å². The molecule has 2 aromatic heterocycles. The third-order valence-electron chi connectivity index (χ3n) is 7.06. The predicted molar refractivity (Wildman–Crippen MR) is 148 cm³/mol. The number of halogens is 1. The summed E-state index contributed by atoms with van der Waals surface area (Å²) in [5.41, 5.74) is 10.0. The molecule has 1 unspecified atom stereocenters. The topological polar surface area (TPSA) is 98.4 Å². The van der Waals surface area contributed by atoms with Crippen molar-refractivity contribution in [2.75, 3.05) is 11.5 Å². The number of anilines is 1. The van der Waals surface area contributed by atoms with Crippen molar-refractivity contribution in [3.63, 3.8) is 0 Å². The van der Waals surface area contributed by atoms with E-state index in [2.05, 4.69) is 4.98 Å². The fourth-order valence-electron chi connectivity index (χ4n) is 5.35. The first-order valence-corrected chi connectivity index (χ1v) is 13.6. The molecule has 0 spiro atoms. The SMILES string of the molecule is CCOC(=O)C1=C(N)N(c2nc(-c3ccccc3)cs2)C2=C(C(=O)CCC2)C1c1cc2ccccc2nc1F. The highest BCUT2D eigenvalue weighted by atomic mass is 32.1. The van der Waals surface area contributed by atoms with E-state index in [1.54, 1.807) is 30.0 Å². The number of nitrogens with zero attached hydrogens (tertiary/aromatic N) is 3. The Hall–Kier alpha value is -4.37. The first-order valence-electron chi connectivity index (χ1n) is 12.8. The van der Waals surface area contributed by atoms with Crippen LogP contribution >= 0.6 is 11.3 Å². The Morgan fingerprint density at radius 2 is 1.90 bits per heavy atom. The number of carbonyl (C=O) groups excluding carboxylic acids is 2. The van der Waals surface area contributed by atoms with Crippen molar-refractivity contribution in [1.29, 1.82) is 0 Å². The number of thiazole rings is 1. The second-order valence-electron chi connectivity index (χ2n) is 9.37. The lowest BCUT2D eigenvalue weighted by Gasteiger charge is -2.39. The van der Waals surface area contributed by atoms with E-state index in [9.17, 15) is 9.59 Å². The van der Waals surface area contributed by atoms with Crippen molar-refractivity contribution in [1.82, 2.24) is 9.97 Å². The Bertz CT molecular complexity index is 1680. The Morgan fingerprint density at radius 3 is 2.69 bits per heavy atom. The maximum absolute atomic E-state index is 15.7. The number of hydrogen-bond acceptors (Lipinski definition) is 8. The van der Waals surface area contributed by atoms with Crippen molar-refractivity contribution in [2.24, 2.45) is 5.73 Å². The van der Waals surface area contributed by atoms with E-state index in [-0.39, 0.29) is 35.8 Å². The first-order chi connectivity index (χ1) is 19.0. The van der Waals surface area contributed by atoms with Crippen molar-refractivity contribution in [3.05, 3.63) is 100 Å². The molecule has 0 saturated heterocycles. The fourth-order valence-corrected chi connectivity index (χ4v) is 6.22. The maximum Gasteiger partial charge on any atom is 0.338 e. The molecular formula is C30H25FN4O3S. The standard InChI is InChI=1S/C30H25FN4O3S/c1-2-38-29(37)26-24(19-15-18-11-6-7-12-20(18)33-27(19)31)25-22(13-8-14-23(25)36)35(28(26)32)30-34-21(16-39-30)17-9-4-3-5-10-17/h3-7,9-12,15-16,24H,2,8,13-14,32H2,1H3. The molecule has 2 aliphatic rings. The van der Waals surface area contributed by atoms with Crippen LogP contribution in [0.2, 0.25) is 0 Å². The third-order valence-corrected chi connectivity index (χ3v) is 7.88. The second kappa shape index (κ2) is 10.1. The summed E-state index contributed by atoms with van der Waals surface area (Å²) in [6.45, 7) is 1.78. The molecule has 1 aliphatic carbocycles. The molecular weight excluding hydrogens is 515 g/mol. The van der Waals surface area contributed by atoms with E-state index < -0.39 is 17.8 Å². The van der Waals surface area contributed by atoms with Crippen LogP contribution in [0.25, 0.3) is 22.2 Å². The molecule has 0 bridgehead atoms. The van der Waals surface area contributed by atoms with Gasteiger partial charge in [0.1, 0.15) is 5.82 Å². The van der Waals surface area contributed by atoms with Gasteiger partial charge in [-0.25, -0.2) is 14.8 Å². The van der Waals surface area contributed by atoms with E-state index in [0.717, 1.165) is 11.3 Å². The number of fused-ring (bicyclic) bond motifs is 1. The number of para-hydroxylation sites is 1. The molecule has 7 nitrogen and oxygen atoms in total. The van der Waals surface area contributed by atoms with Crippen molar-refractivity contribution < 1.29 is 18.7 Å². The van der Waals surface area contributed by atoms with Gasteiger partial charge >= 0.3 is 5.97 Å². The van der Waals surface area contributed by atoms with Gasteiger partial charge in [0.05, 0.1) is 29.3 Å². The molecule has 9 heteroatoms. The summed E-state index contributed by atoms with van der Waals surface area (Å²) in [4.78, 5) is 37.7. The van der Waals surface area contributed by atoms with Crippen LogP contribution in [0.5, 0.6) is 0 Å². The van der Waals surface area contributed by atoms with Gasteiger partial charge < -0.3 is 10.5 Å². The van der Waals surface area contributed by atoms with Gasteiger partial charge in [-0.1, -0.05) is 48.5 Å². The molecule has 0 fully saturated rings. The molecule has 39 heavy (non-hydrogen) atoms. The summed E-state index contributed by atoms with van der Waals surface area (Å²) in [6, 6.07) is 18.5. The highest BCUT2D eigenvalue weighted by Crippen LogP contribution is 2.48. The smallest absolute Gasteiger partial charge is 0.338 e. The Kier molecular flexibility index (Phi) is 6.44. The highest BCUT2D eigenvalue weighted by Gasteiger charge is 2.45. The minimum atomic E-state index is -1.05. The Balaban J connectivity index is 1.58. The van der Waals surface area contributed by atoms with Gasteiger partial charge in [0.15, 0.2) is 10.9 Å². The van der Waals surface area contributed by atoms with E-state index in [4.69, 9.17) is 15.5 Å². The summed E-state index contributed by atoms with van der Waals surface area (Å²) in [5, 5.41) is 3.12. The number of ether oxygens (including phenoxy) is 1. The molecule has 196 valence electrons. The van der Waals surface area contributed by atoms with Crippen LogP contribution in [0.15, 0.2) is 88.7 Å². The lowest BCUT2D eigenvalue weighted by molar-refractivity contribution is -0.138. The van der Waals surface area contributed by atoms with Crippen LogP contribution in [0.4, 0.5) is 9.52 Å². The van der Waals surface area contributed by atoms with Crippen LogP contribution in [0.3, 0.4) is 0 Å². The summed E-state index contributed by atoms with van der Waals surface area (Å²) >= 11 is 1.36. The zero-order valence-electron chi connectivity index (χ0n) is 21.2. The first kappa shape index (κ1) is 24.9. The average molecular weight is 541 g/mol. The number of hydrogen-bond donors (Lipinski definition) is 1. The highest BCUT2D eigenvalue weighted by molar-refractivity contribution is 7.14. The van der Waals surface area contributed by atoms with E-state index in [1.165, 1.54) is 11.3 Å². The lowest BCUT2D eigenvalue weighted by atomic mass is 9.75. The summed E-state index contributed by atoms with van der Waals surface area (Å²) in [6.07, 6.45) is 1.42. The summed E-state index contributed by atoms with van der Waals surface area (Å²) < 4.78 is 21.1. The zero-order chi connectivity index (χ0) is 27.1. The number of pyridine rings is 1. The van der Waals surface area contributed by atoms with Gasteiger partial charge in [-0.2, -0.15) is 4.39 Å². The Labute approximate surface area is 228 Å². The number of Topliss-reactive ketones (excluding diaryl/α,β-unsaturated/α-hetero) is 1. The molecule has 0 saturated carbocycles. The largest absolute Gasteiger partial charge is 0.463 e. The number of ketones is 1. The quantitative estimate of drug-likeness (QED) is 0.251. The van der Waals surface area contributed by atoms with Crippen molar-refractivity contribution in [2.45, 2.75) is 32.1 Å². The van der Waals surface area contributed by atoms with Gasteiger partial charge in [-0.05, 0) is 31.9 Å². The minimum Gasteiger partial charge on any atom is -0.463 e. The normalized spacial score (nSPS) is 17.5. The zero-order valence-corrected chi connectivity index (χ0v) is 22.0. The summed E-state index contributed by atoms with van der Waals surface area (Å²) in [7, 11) is 0. The van der Waals surface area contributed by atoms with Crippen LogP contribution in [0, 0.1) is 5.95 Å². The number of carbonyl (C=O) groups is 2. The van der Waals surface area contributed by atoms with Crippen molar-refractivity contribution >= 4 is 39.1 Å². The summed E-state index contributed by atoms with van der Waals surface area (Å²) in [5.74, 6) is -2.59. The fraction of sp³-hybridized carbons (Fsp3) is 0.200. The molecule has 0 radical (unpaired) electrons. The van der Waals surface area contributed by atoms with Gasteiger partial charge in [0.2, 0.25) is 5.95 Å². The van der Waals surface area contributed by atoms with Gasteiger partial charge in [0, 0.05) is 39.6 Å². The number of esters is 1. The number of aromatic nitrogens is 2. The molecule has 2 N–H and O–H groups in total. The molecule has 0 amide bonds. The van der Waals surface area contributed by atoms with Gasteiger partial charge in [-0.15, -0.1) is 11.3 Å². The minimum absolute atomic E-state index is 0.0123. The number of rotatable bonds is 5. The molecule has 6 rings (SSSR count). The monoisotopic (exact) mass is 540 g/mol. The van der Waals surface area contributed by atoms with Crippen LogP contribution in [-0.4, -0.2) is 28.3 Å². The molecule has 3 heterocycles. The maximum atomic E-state index is 15.7.